The lowest BCUT2D eigenvalue weighted by atomic mass is 9.49. The van der Waals surface area contributed by atoms with Crippen molar-refractivity contribution in [2.24, 2.45) is 23.2 Å². The van der Waals surface area contributed by atoms with Crippen molar-refractivity contribution in [3.63, 3.8) is 0 Å². The standard InChI is InChI=1S/C16H21N5OS/c1-9-18-19-15-21(9)20-13(23-15)8-17-14(22)16-5-10-2-11(6-16)4-12(3-10)7-16/h10-12H,2-8H2,1H3,(H,17,22). The molecule has 0 atom stereocenters. The summed E-state index contributed by atoms with van der Waals surface area (Å²) in [5, 5.41) is 16.6. The zero-order valence-corrected chi connectivity index (χ0v) is 14.1. The van der Waals surface area contributed by atoms with Gasteiger partial charge in [0, 0.05) is 5.41 Å². The zero-order valence-electron chi connectivity index (χ0n) is 13.3. The monoisotopic (exact) mass is 331 g/mol. The van der Waals surface area contributed by atoms with Gasteiger partial charge in [0.15, 0.2) is 5.82 Å². The average molecular weight is 331 g/mol. The van der Waals surface area contributed by atoms with Crippen LogP contribution in [-0.2, 0) is 11.3 Å². The number of hydrogen-bond acceptors (Lipinski definition) is 5. The van der Waals surface area contributed by atoms with Gasteiger partial charge in [0.2, 0.25) is 10.9 Å². The lowest BCUT2D eigenvalue weighted by Crippen LogP contribution is -2.53. The molecule has 2 heterocycles. The van der Waals surface area contributed by atoms with Gasteiger partial charge in [-0.15, -0.1) is 10.2 Å². The van der Waals surface area contributed by atoms with Crippen molar-refractivity contribution >= 4 is 22.2 Å². The fourth-order valence-electron chi connectivity index (χ4n) is 5.56. The van der Waals surface area contributed by atoms with Crippen LogP contribution in [0.2, 0.25) is 0 Å². The lowest BCUT2D eigenvalue weighted by molar-refractivity contribution is -0.146. The Morgan fingerprint density at radius 3 is 2.48 bits per heavy atom. The van der Waals surface area contributed by atoms with E-state index in [2.05, 4.69) is 20.6 Å². The molecule has 6 rings (SSSR count). The highest BCUT2D eigenvalue weighted by Gasteiger charge is 2.54. The summed E-state index contributed by atoms with van der Waals surface area (Å²) in [6, 6.07) is 0. The highest BCUT2D eigenvalue weighted by Crippen LogP contribution is 2.60. The summed E-state index contributed by atoms with van der Waals surface area (Å²) >= 11 is 1.50. The van der Waals surface area contributed by atoms with E-state index in [1.54, 1.807) is 4.52 Å². The number of hydrogen-bond donors (Lipinski definition) is 1. The van der Waals surface area contributed by atoms with Gasteiger partial charge in [0.25, 0.3) is 0 Å². The van der Waals surface area contributed by atoms with E-state index in [-0.39, 0.29) is 11.3 Å². The number of nitrogens with one attached hydrogen (secondary N) is 1. The van der Waals surface area contributed by atoms with Crippen molar-refractivity contribution < 1.29 is 4.79 Å². The number of carbonyl (C=O) groups excluding carboxylic acids is 1. The molecule has 1 N–H and O–H groups in total. The third-order valence-electron chi connectivity index (χ3n) is 6.11. The van der Waals surface area contributed by atoms with E-state index in [0.717, 1.165) is 52.8 Å². The van der Waals surface area contributed by atoms with Gasteiger partial charge in [-0.2, -0.15) is 9.61 Å². The maximum Gasteiger partial charge on any atom is 0.234 e. The van der Waals surface area contributed by atoms with Crippen molar-refractivity contribution in [1.29, 1.82) is 0 Å². The minimum Gasteiger partial charge on any atom is -0.349 e. The molecule has 6 nitrogen and oxygen atoms in total. The Morgan fingerprint density at radius 1 is 1.22 bits per heavy atom. The van der Waals surface area contributed by atoms with E-state index in [9.17, 15) is 4.79 Å². The summed E-state index contributed by atoms with van der Waals surface area (Å²) < 4.78 is 1.75. The van der Waals surface area contributed by atoms with Crippen molar-refractivity contribution in [2.75, 3.05) is 0 Å². The fraction of sp³-hybridized carbons (Fsp3) is 0.750. The van der Waals surface area contributed by atoms with Crippen LogP contribution in [0.4, 0.5) is 0 Å². The predicted molar refractivity (Wildman–Crippen MR) is 85.8 cm³/mol. The summed E-state index contributed by atoms with van der Waals surface area (Å²) in [6.45, 7) is 2.39. The molecule has 4 aliphatic rings. The van der Waals surface area contributed by atoms with E-state index in [1.165, 1.54) is 30.6 Å². The highest BCUT2D eigenvalue weighted by atomic mass is 32.1. The Morgan fingerprint density at radius 2 is 1.87 bits per heavy atom. The van der Waals surface area contributed by atoms with Gasteiger partial charge in [-0.05, 0) is 63.2 Å². The normalized spacial score (nSPS) is 35.1. The molecule has 0 aliphatic heterocycles. The Balaban J connectivity index is 1.31. The number of carbonyl (C=O) groups is 1. The third kappa shape index (κ3) is 2.12. The Labute approximate surface area is 138 Å². The maximum atomic E-state index is 12.9. The second-order valence-electron chi connectivity index (χ2n) is 7.82. The highest BCUT2D eigenvalue weighted by molar-refractivity contribution is 7.16. The van der Waals surface area contributed by atoms with Crippen molar-refractivity contribution in [2.45, 2.75) is 52.0 Å². The van der Waals surface area contributed by atoms with Crippen LogP contribution in [0.3, 0.4) is 0 Å². The molecule has 23 heavy (non-hydrogen) atoms. The summed E-state index contributed by atoms with van der Waals surface area (Å²) in [5.74, 6) is 3.44. The van der Waals surface area contributed by atoms with Gasteiger partial charge >= 0.3 is 0 Å². The SMILES string of the molecule is Cc1nnc2sc(CNC(=O)C34CC5CC(CC(C5)C3)C4)nn12. The van der Waals surface area contributed by atoms with Gasteiger partial charge < -0.3 is 5.32 Å². The molecule has 4 fully saturated rings. The molecule has 0 unspecified atom stereocenters. The molecule has 4 aliphatic carbocycles. The second kappa shape index (κ2) is 4.75. The van der Waals surface area contributed by atoms with E-state index in [4.69, 9.17) is 0 Å². The number of amides is 1. The first-order valence-corrected chi connectivity index (χ1v) is 9.39. The molecule has 1 amide bonds. The number of aromatic nitrogens is 4. The Kier molecular flexibility index (Phi) is 2.87. The molecule has 0 saturated heterocycles. The largest absolute Gasteiger partial charge is 0.349 e. The first-order valence-electron chi connectivity index (χ1n) is 8.57. The summed E-state index contributed by atoms with van der Waals surface area (Å²) in [5.41, 5.74) is -0.0797. The zero-order chi connectivity index (χ0) is 15.6. The van der Waals surface area contributed by atoms with Crippen molar-refractivity contribution in [3.05, 3.63) is 10.8 Å². The summed E-state index contributed by atoms with van der Waals surface area (Å²) in [4.78, 5) is 13.7. The summed E-state index contributed by atoms with van der Waals surface area (Å²) in [6.07, 6.45) is 7.41. The number of rotatable bonds is 3. The molecule has 2 aromatic rings. The molecule has 4 saturated carbocycles. The molecule has 122 valence electrons. The third-order valence-corrected chi connectivity index (χ3v) is 7.01. The van der Waals surface area contributed by atoms with E-state index >= 15 is 0 Å². The minimum absolute atomic E-state index is 0.0797. The molecule has 0 radical (unpaired) electrons. The Bertz CT molecular complexity index is 743. The van der Waals surface area contributed by atoms with Crippen LogP contribution >= 0.6 is 11.3 Å². The molecule has 7 heteroatoms. The van der Waals surface area contributed by atoms with Gasteiger partial charge in [0.1, 0.15) is 5.01 Å². The fourth-order valence-corrected chi connectivity index (χ4v) is 6.38. The number of fused-ring (bicyclic) bond motifs is 1. The molecule has 2 aromatic heterocycles. The molecular formula is C16H21N5OS. The van der Waals surface area contributed by atoms with Crippen molar-refractivity contribution in [3.8, 4) is 0 Å². The number of aryl methyl sites for hydroxylation is 1. The molecular weight excluding hydrogens is 310 g/mol. The maximum absolute atomic E-state index is 12.9. The lowest BCUT2D eigenvalue weighted by Gasteiger charge is -2.55. The number of nitrogens with zero attached hydrogens (tertiary/aromatic N) is 4. The smallest absolute Gasteiger partial charge is 0.234 e. The van der Waals surface area contributed by atoms with E-state index in [1.807, 2.05) is 6.92 Å². The van der Waals surface area contributed by atoms with Gasteiger partial charge in [-0.25, -0.2) is 0 Å². The van der Waals surface area contributed by atoms with Crippen LogP contribution < -0.4 is 5.32 Å². The predicted octanol–water partition coefficient (Wildman–Crippen LogP) is 2.33. The van der Waals surface area contributed by atoms with Crippen molar-refractivity contribution in [1.82, 2.24) is 25.1 Å². The minimum atomic E-state index is -0.0797. The van der Waals surface area contributed by atoms with Crippen LogP contribution in [0.1, 0.15) is 49.4 Å². The summed E-state index contributed by atoms with van der Waals surface area (Å²) in [7, 11) is 0. The Hall–Kier alpha value is -1.50. The van der Waals surface area contributed by atoms with Crippen LogP contribution in [0, 0.1) is 30.1 Å². The van der Waals surface area contributed by atoms with Crippen LogP contribution in [0.25, 0.3) is 4.96 Å². The quantitative estimate of drug-likeness (QED) is 0.937. The van der Waals surface area contributed by atoms with Crippen LogP contribution in [0.5, 0.6) is 0 Å². The average Bonchev–Trinajstić information content (AvgIpc) is 3.05. The van der Waals surface area contributed by atoms with Gasteiger partial charge in [0.05, 0.1) is 6.54 Å². The van der Waals surface area contributed by atoms with Gasteiger partial charge in [-0.1, -0.05) is 11.3 Å². The van der Waals surface area contributed by atoms with Gasteiger partial charge in [-0.3, -0.25) is 4.79 Å². The topological polar surface area (TPSA) is 72.2 Å². The molecule has 0 aromatic carbocycles. The van der Waals surface area contributed by atoms with Crippen LogP contribution in [-0.4, -0.2) is 25.7 Å². The first kappa shape index (κ1) is 13.9. The van der Waals surface area contributed by atoms with Crippen LogP contribution in [0.15, 0.2) is 0 Å². The van der Waals surface area contributed by atoms with E-state index in [0.29, 0.717) is 6.54 Å². The second-order valence-corrected chi connectivity index (χ2v) is 8.86. The molecule has 0 spiro atoms. The first-order chi connectivity index (χ1) is 11.1. The van der Waals surface area contributed by atoms with E-state index < -0.39 is 0 Å². The molecule has 4 bridgehead atoms.